The fourth-order valence-electron chi connectivity index (χ4n) is 1.46. The minimum Gasteiger partial charge on any atom is -0.321 e. The first-order valence-electron chi connectivity index (χ1n) is 4.76. The minimum absolute atomic E-state index is 0.719. The van der Waals surface area contributed by atoms with Crippen molar-refractivity contribution >= 4 is 23.4 Å². The van der Waals surface area contributed by atoms with E-state index < -0.39 is 0 Å². The maximum atomic E-state index is 5.18. The highest BCUT2D eigenvalue weighted by Crippen LogP contribution is 2.07. The van der Waals surface area contributed by atoms with Crippen LogP contribution in [0.25, 0.3) is 11.2 Å². The Labute approximate surface area is 87.0 Å². The summed E-state index contributed by atoms with van der Waals surface area (Å²) in [7, 11) is 0. The first-order valence-corrected chi connectivity index (χ1v) is 5.16. The Hall–Kier alpha value is -1.23. The average molecular weight is 209 g/mol. The van der Waals surface area contributed by atoms with Gasteiger partial charge in [0.2, 0.25) is 0 Å². The monoisotopic (exact) mass is 209 g/mol. The SMILES string of the molecule is CCc1nc2c([nH]1)c(=S)[nH]c[n+]2CC. The fourth-order valence-corrected chi connectivity index (χ4v) is 1.65. The summed E-state index contributed by atoms with van der Waals surface area (Å²) in [6, 6.07) is 0. The molecule has 4 nitrogen and oxygen atoms in total. The van der Waals surface area contributed by atoms with E-state index in [1.807, 2.05) is 10.9 Å². The molecule has 0 aromatic carbocycles. The van der Waals surface area contributed by atoms with Crippen molar-refractivity contribution in [3.63, 3.8) is 0 Å². The van der Waals surface area contributed by atoms with Crippen LogP contribution >= 0.6 is 12.2 Å². The van der Waals surface area contributed by atoms with Crippen LogP contribution in [0.5, 0.6) is 0 Å². The Morgan fingerprint density at radius 1 is 1.50 bits per heavy atom. The largest absolute Gasteiger partial charge is 0.321 e. The zero-order valence-corrected chi connectivity index (χ0v) is 9.11. The molecule has 74 valence electrons. The number of aromatic nitrogens is 4. The first kappa shape index (κ1) is 9.33. The van der Waals surface area contributed by atoms with Gasteiger partial charge in [-0.25, -0.2) is 4.57 Å². The molecule has 2 heterocycles. The molecule has 14 heavy (non-hydrogen) atoms. The van der Waals surface area contributed by atoms with E-state index in [9.17, 15) is 0 Å². The maximum absolute atomic E-state index is 5.18. The quantitative estimate of drug-likeness (QED) is 0.581. The summed E-state index contributed by atoms with van der Waals surface area (Å²) >= 11 is 5.18. The van der Waals surface area contributed by atoms with Gasteiger partial charge in [-0.15, -0.1) is 0 Å². The Bertz CT molecular complexity index is 511. The topological polar surface area (TPSA) is 48.4 Å². The van der Waals surface area contributed by atoms with Gasteiger partial charge < -0.3 is 4.98 Å². The van der Waals surface area contributed by atoms with E-state index >= 15 is 0 Å². The van der Waals surface area contributed by atoms with Crippen molar-refractivity contribution in [2.75, 3.05) is 0 Å². The second-order valence-electron chi connectivity index (χ2n) is 3.12. The van der Waals surface area contributed by atoms with Crippen LogP contribution in [0.15, 0.2) is 6.33 Å². The predicted octanol–water partition coefficient (Wildman–Crippen LogP) is 1.49. The molecule has 2 aromatic rings. The van der Waals surface area contributed by atoms with Gasteiger partial charge in [0.15, 0.2) is 22.3 Å². The van der Waals surface area contributed by atoms with Crippen LogP contribution in [0.2, 0.25) is 0 Å². The highest BCUT2D eigenvalue weighted by atomic mass is 32.1. The molecule has 0 amide bonds. The summed E-state index contributed by atoms with van der Waals surface area (Å²) in [5.41, 5.74) is 1.87. The van der Waals surface area contributed by atoms with Crippen molar-refractivity contribution in [2.24, 2.45) is 0 Å². The highest BCUT2D eigenvalue weighted by Gasteiger charge is 2.12. The number of hydrogen-bond acceptors (Lipinski definition) is 2. The van der Waals surface area contributed by atoms with Gasteiger partial charge in [0.25, 0.3) is 5.65 Å². The lowest BCUT2D eigenvalue weighted by atomic mass is 10.5. The van der Waals surface area contributed by atoms with E-state index in [4.69, 9.17) is 12.2 Å². The minimum atomic E-state index is 0.719. The molecule has 0 aliphatic rings. The van der Waals surface area contributed by atoms with Crippen LogP contribution in [0, 0.1) is 4.64 Å². The van der Waals surface area contributed by atoms with E-state index in [0.29, 0.717) is 0 Å². The summed E-state index contributed by atoms with van der Waals surface area (Å²) in [4.78, 5) is 10.7. The lowest BCUT2D eigenvalue weighted by molar-refractivity contribution is -0.672. The van der Waals surface area contributed by atoms with Crippen molar-refractivity contribution in [3.05, 3.63) is 16.8 Å². The normalized spacial score (nSPS) is 11.0. The molecule has 2 rings (SSSR count). The Morgan fingerprint density at radius 2 is 2.29 bits per heavy atom. The molecule has 0 spiro atoms. The van der Waals surface area contributed by atoms with E-state index in [1.165, 1.54) is 0 Å². The first-order chi connectivity index (χ1) is 6.76. The van der Waals surface area contributed by atoms with Gasteiger partial charge in [0, 0.05) is 6.42 Å². The Balaban J connectivity index is 2.81. The van der Waals surface area contributed by atoms with E-state index in [-0.39, 0.29) is 0 Å². The smallest absolute Gasteiger partial charge is 0.292 e. The molecule has 0 saturated carbocycles. The Kier molecular flexibility index (Phi) is 2.33. The van der Waals surface area contributed by atoms with Crippen molar-refractivity contribution in [1.29, 1.82) is 0 Å². The summed E-state index contributed by atoms with van der Waals surface area (Å²) in [6.45, 7) is 5.04. The van der Waals surface area contributed by atoms with Gasteiger partial charge >= 0.3 is 0 Å². The van der Waals surface area contributed by atoms with Gasteiger partial charge in [-0.2, -0.15) is 0 Å². The maximum Gasteiger partial charge on any atom is 0.292 e. The van der Waals surface area contributed by atoms with Crippen LogP contribution in [-0.2, 0) is 13.0 Å². The number of imidazole rings is 1. The third-order valence-electron chi connectivity index (χ3n) is 2.26. The average Bonchev–Trinajstić information content (AvgIpc) is 2.63. The number of H-pyrrole nitrogens is 2. The second kappa shape index (κ2) is 3.49. The van der Waals surface area contributed by atoms with E-state index in [1.54, 1.807) is 0 Å². The molecule has 2 N–H and O–H groups in total. The van der Waals surface area contributed by atoms with E-state index in [0.717, 1.165) is 34.6 Å². The number of fused-ring (bicyclic) bond motifs is 1. The summed E-state index contributed by atoms with van der Waals surface area (Å²) in [5, 5.41) is 0. The number of nitrogens with zero attached hydrogens (tertiary/aromatic N) is 2. The number of hydrogen-bond donors (Lipinski definition) is 2. The molecule has 0 saturated heterocycles. The standard InChI is InChI=1S/C9H12N4S/c1-3-6-11-7-8(12-6)13(4-2)5-10-9(7)14/h5H,3-4H2,1-2H3,(H,11,12,14)/p+1. The van der Waals surface area contributed by atoms with Gasteiger partial charge in [-0.05, 0) is 19.1 Å². The lowest BCUT2D eigenvalue weighted by Crippen LogP contribution is -2.33. The summed E-state index contributed by atoms with van der Waals surface area (Å²) in [5.74, 6) is 0.980. The van der Waals surface area contributed by atoms with Crippen LogP contribution in [-0.4, -0.2) is 15.0 Å². The molecule has 5 heteroatoms. The van der Waals surface area contributed by atoms with Crippen LogP contribution < -0.4 is 4.57 Å². The predicted molar refractivity (Wildman–Crippen MR) is 56.5 cm³/mol. The van der Waals surface area contributed by atoms with Gasteiger partial charge in [0.1, 0.15) is 0 Å². The third kappa shape index (κ3) is 1.33. The van der Waals surface area contributed by atoms with Crippen molar-refractivity contribution < 1.29 is 4.57 Å². The lowest BCUT2D eigenvalue weighted by Gasteiger charge is -1.94. The molecule has 0 bridgehead atoms. The molecular weight excluding hydrogens is 196 g/mol. The second-order valence-corrected chi connectivity index (χ2v) is 3.53. The molecule has 0 aliphatic carbocycles. The number of aryl methyl sites for hydroxylation is 2. The Morgan fingerprint density at radius 3 is 2.93 bits per heavy atom. The van der Waals surface area contributed by atoms with Crippen molar-refractivity contribution in [1.82, 2.24) is 15.0 Å². The van der Waals surface area contributed by atoms with Crippen LogP contribution in [0.3, 0.4) is 0 Å². The van der Waals surface area contributed by atoms with Gasteiger partial charge in [-0.1, -0.05) is 11.9 Å². The number of rotatable bonds is 2. The molecule has 0 atom stereocenters. The summed E-state index contributed by atoms with van der Waals surface area (Å²) in [6.07, 6.45) is 2.76. The molecule has 0 fully saturated rings. The number of nitrogens with one attached hydrogen (secondary N) is 2. The van der Waals surface area contributed by atoms with Crippen LogP contribution in [0.4, 0.5) is 0 Å². The van der Waals surface area contributed by atoms with Crippen molar-refractivity contribution in [2.45, 2.75) is 26.8 Å². The summed E-state index contributed by atoms with van der Waals surface area (Å²) < 4.78 is 2.76. The molecule has 0 radical (unpaired) electrons. The van der Waals surface area contributed by atoms with E-state index in [2.05, 4.69) is 28.8 Å². The van der Waals surface area contributed by atoms with Crippen molar-refractivity contribution in [3.8, 4) is 0 Å². The highest BCUT2D eigenvalue weighted by molar-refractivity contribution is 7.71. The molecule has 2 aromatic heterocycles. The fraction of sp³-hybridized carbons (Fsp3) is 0.444. The molecule has 0 unspecified atom stereocenters. The molecule has 0 aliphatic heterocycles. The number of aromatic amines is 2. The van der Waals surface area contributed by atoms with Gasteiger partial charge in [0.05, 0.1) is 6.54 Å². The van der Waals surface area contributed by atoms with Crippen LogP contribution in [0.1, 0.15) is 19.7 Å². The van der Waals surface area contributed by atoms with Gasteiger partial charge in [-0.3, -0.25) is 4.98 Å². The third-order valence-corrected chi connectivity index (χ3v) is 2.58. The zero-order chi connectivity index (χ0) is 10.1. The molecular formula is C9H13N4S+. The zero-order valence-electron chi connectivity index (χ0n) is 8.29.